The monoisotopic (exact) mass is 314 g/mol. The van der Waals surface area contributed by atoms with Gasteiger partial charge in [0.05, 0.1) is 6.61 Å². The molecule has 0 radical (unpaired) electrons. The topological polar surface area (TPSA) is 82.1 Å². The van der Waals surface area contributed by atoms with E-state index in [1.165, 1.54) is 12.5 Å². The van der Waals surface area contributed by atoms with Crippen molar-refractivity contribution >= 4 is 5.82 Å². The predicted molar refractivity (Wildman–Crippen MR) is 89.5 cm³/mol. The van der Waals surface area contributed by atoms with E-state index in [1.807, 2.05) is 19.1 Å². The maximum Gasteiger partial charge on any atom is 0.251 e. The number of aromatic amines is 1. The molecule has 6 nitrogen and oxygen atoms in total. The number of aromatic nitrogens is 3. The normalized spacial score (nSPS) is 14.5. The summed E-state index contributed by atoms with van der Waals surface area (Å²) in [5.74, 6) is 1.41. The van der Waals surface area contributed by atoms with Gasteiger partial charge >= 0.3 is 0 Å². The van der Waals surface area contributed by atoms with Gasteiger partial charge in [-0.15, -0.1) is 0 Å². The fourth-order valence-corrected chi connectivity index (χ4v) is 2.81. The Balaban J connectivity index is 1.86. The zero-order chi connectivity index (χ0) is 16.2. The van der Waals surface area contributed by atoms with Gasteiger partial charge in [0.25, 0.3) is 5.56 Å². The highest BCUT2D eigenvalue weighted by atomic mass is 16.3. The van der Waals surface area contributed by atoms with Crippen LogP contribution in [0.3, 0.4) is 0 Å². The number of aliphatic hydroxyl groups is 1. The van der Waals surface area contributed by atoms with Crippen LogP contribution in [0.15, 0.2) is 29.2 Å². The van der Waals surface area contributed by atoms with Gasteiger partial charge in [-0.1, -0.05) is 6.92 Å². The second-order valence-corrected chi connectivity index (χ2v) is 5.85. The Morgan fingerprint density at radius 3 is 2.78 bits per heavy atom. The van der Waals surface area contributed by atoms with Crippen molar-refractivity contribution in [2.24, 2.45) is 0 Å². The van der Waals surface area contributed by atoms with Crippen molar-refractivity contribution in [2.45, 2.75) is 38.6 Å². The summed E-state index contributed by atoms with van der Waals surface area (Å²) in [6.45, 7) is 2.68. The highest BCUT2D eigenvalue weighted by molar-refractivity contribution is 5.56. The van der Waals surface area contributed by atoms with E-state index in [4.69, 9.17) is 0 Å². The van der Waals surface area contributed by atoms with Crippen LogP contribution in [0.1, 0.15) is 31.9 Å². The zero-order valence-electron chi connectivity index (χ0n) is 13.3. The predicted octanol–water partition coefficient (Wildman–Crippen LogP) is 1.75. The van der Waals surface area contributed by atoms with Gasteiger partial charge in [0, 0.05) is 36.1 Å². The molecule has 3 rings (SSSR count). The molecule has 2 aromatic heterocycles. The van der Waals surface area contributed by atoms with E-state index in [-0.39, 0.29) is 12.2 Å². The van der Waals surface area contributed by atoms with E-state index in [0.717, 1.165) is 29.9 Å². The van der Waals surface area contributed by atoms with E-state index in [9.17, 15) is 9.90 Å². The molecule has 0 spiro atoms. The molecule has 1 fully saturated rings. The Morgan fingerprint density at radius 2 is 2.22 bits per heavy atom. The lowest BCUT2D eigenvalue weighted by molar-refractivity contribution is 0.283. The number of aliphatic hydroxyl groups excluding tert-OH is 1. The third-order valence-corrected chi connectivity index (χ3v) is 4.33. The van der Waals surface area contributed by atoms with Crippen LogP contribution in [0.25, 0.3) is 11.4 Å². The van der Waals surface area contributed by atoms with Gasteiger partial charge in [-0.05, 0) is 37.8 Å². The first-order chi connectivity index (χ1) is 11.2. The van der Waals surface area contributed by atoms with Crippen LogP contribution in [0.4, 0.5) is 5.82 Å². The summed E-state index contributed by atoms with van der Waals surface area (Å²) in [7, 11) is 0. The zero-order valence-corrected chi connectivity index (χ0v) is 13.3. The average molecular weight is 314 g/mol. The molecule has 0 saturated heterocycles. The summed E-state index contributed by atoms with van der Waals surface area (Å²) in [6.07, 6.45) is 5.98. The first-order valence-electron chi connectivity index (χ1n) is 8.15. The van der Waals surface area contributed by atoms with Gasteiger partial charge in [0.1, 0.15) is 11.6 Å². The standard InChI is InChI=1S/C17H22N4O2/c1-2-13-10-16(23)20-17(19-13)12-6-7-15(18-11-12)21(8-9-22)14-4-3-5-14/h6-7,10-11,14,22H,2-5,8-9H2,1H3,(H,19,20,23). The maximum atomic E-state index is 11.7. The minimum absolute atomic E-state index is 0.118. The molecule has 2 heterocycles. The first kappa shape index (κ1) is 15.7. The van der Waals surface area contributed by atoms with Crippen LogP contribution in [0.5, 0.6) is 0 Å². The van der Waals surface area contributed by atoms with Gasteiger partial charge in [-0.2, -0.15) is 0 Å². The van der Waals surface area contributed by atoms with E-state index in [2.05, 4.69) is 19.9 Å². The largest absolute Gasteiger partial charge is 0.395 e. The number of anilines is 1. The van der Waals surface area contributed by atoms with E-state index >= 15 is 0 Å². The third-order valence-electron chi connectivity index (χ3n) is 4.33. The molecule has 122 valence electrons. The molecule has 2 aromatic rings. The Kier molecular flexibility index (Phi) is 4.71. The number of rotatable bonds is 6. The minimum atomic E-state index is -0.146. The van der Waals surface area contributed by atoms with Crippen molar-refractivity contribution in [3.8, 4) is 11.4 Å². The number of pyridine rings is 1. The molecule has 0 aliphatic heterocycles. The van der Waals surface area contributed by atoms with Gasteiger partial charge < -0.3 is 15.0 Å². The number of hydrogen-bond donors (Lipinski definition) is 2. The minimum Gasteiger partial charge on any atom is -0.395 e. The molecule has 1 aliphatic carbocycles. The lowest BCUT2D eigenvalue weighted by Gasteiger charge is -2.38. The van der Waals surface area contributed by atoms with Crippen LogP contribution < -0.4 is 10.5 Å². The maximum absolute atomic E-state index is 11.7. The highest BCUT2D eigenvalue weighted by Crippen LogP contribution is 2.28. The molecule has 6 heteroatoms. The molecule has 2 N–H and O–H groups in total. The molecule has 0 amide bonds. The third kappa shape index (κ3) is 3.42. The lowest BCUT2D eigenvalue weighted by atomic mass is 9.91. The molecule has 0 unspecified atom stereocenters. The van der Waals surface area contributed by atoms with Gasteiger partial charge in [-0.3, -0.25) is 4.79 Å². The van der Waals surface area contributed by atoms with E-state index < -0.39 is 0 Å². The molecule has 1 saturated carbocycles. The van der Waals surface area contributed by atoms with Crippen LogP contribution in [-0.4, -0.2) is 39.3 Å². The van der Waals surface area contributed by atoms with Crippen LogP contribution >= 0.6 is 0 Å². The fourth-order valence-electron chi connectivity index (χ4n) is 2.81. The number of hydrogen-bond acceptors (Lipinski definition) is 5. The van der Waals surface area contributed by atoms with Crippen molar-refractivity contribution in [1.82, 2.24) is 15.0 Å². The second kappa shape index (κ2) is 6.91. The smallest absolute Gasteiger partial charge is 0.251 e. The Labute approximate surface area is 135 Å². The van der Waals surface area contributed by atoms with Crippen molar-refractivity contribution in [3.05, 3.63) is 40.4 Å². The molecule has 0 atom stereocenters. The summed E-state index contributed by atoms with van der Waals surface area (Å²) >= 11 is 0. The summed E-state index contributed by atoms with van der Waals surface area (Å²) in [5.41, 5.74) is 1.41. The van der Waals surface area contributed by atoms with Crippen LogP contribution in [0, 0.1) is 0 Å². The average Bonchev–Trinajstić information content (AvgIpc) is 2.52. The molecule has 0 bridgehead atoms. The summed E-state index contributed by atoms with van der Waals surface area (Å²) in [4.78, 5) is 25.6. The van der Waals surface area contributed by atoms with Gasteiger partial charge in [0.2, 0.25) is 0 Å². The van der Waals surface area contributed by atoms with Crippen molar-refractivity contribution in [3.63, 3.8) is 0 Å². The van der Waals surface area contributed by atoms with Crippen molar-refractivity contribution in [1.29, 1.82) is 0 Å². The number of nitrogens with zero attached hydrogens (tertiary/aromatic N) is 3. The molecular weight excluding hydrogens is 292 g/mol. The van der Waals surface area contributed by atoms with Gasteiger partial charge in [0.15, 0.2) is 0 Å². The first-order valence-corrected chi connectivity index (χ1v) is 8.15. The van der Waals surface area contributed by atoms with Crippen molar-refractivity contribution in [2.75, 3.05) is 18.1 Å². The molecule has 0 aromatic carbocycles. The number of H-pyrrole nitrogens is 1. The molecular formula is C17H22N4O2. The molecule has 23 heavy (non-hydrogen) atoms. The number of nitrogens with one attached hydrogen (secondary N) is 1. The van der Waals surface area contributed by atoms with Crippen molar-refractivity contribution < 1.29 is 5.11 Å². The number of aryl methyl sites for hydroxylation is 1. The summed E-state index contributed by atoms with van der Waals surface area (Å²) in [6, 6.07) is 5.84. The lowest BCUT2D eigenvalue weighted by Crippen LogP contribution is -2.42. The summed E-state index contributed by atoms with van der Waals surface area (Å²) < 4.78 is 0. The quantitative estimate of drug-likeness (QED) is 0.849. The Hall–Kier alpha value is -2.21. The SMILES string of the molecule is CCc1cc(=O)[nH]c(-c2ccc(N(CCO)C3CCC3)nc2)n1. The second-order valence-electron chi connectivity index (χ2n) is 5.85. The molecule has 1 aliphatic rings. The van der Waals surface area contributed by atoms with Crippen LogP contribution in [0.2, 0.25) is 0 Å². The Morgan fingerprint density at radius 1 is 1.39 bits per heavy atom. The van der Waals surface area contributed by atoms with Gasteiger partial charge in [-0.25, -0.2) is 9.97 Å². The van der Waals surface area contributed by atoms with Crippen LogP contribution in [-0.2, 0) is 6.42 Å². The fraction of sp³-hybridized carbons (Fsp3) is 0.471. The highest BCUT2D eigenvalue weighted by Gasteiger charge is 2.25. The van der Waals surface area contributed by atoms with E-state index in [0.29, 0.717) is 24.8 Å². The Bertz CT molecular complexity index is 707. The summed E-state index contributed by atoms with van der Waals surface area (Å²) in [5, 5.41) is 9.27. The van der Waals surface area contributed by atoms with E-state index in [1.54, 1.807) is 6.20 Å².